The van der Waals surface area contributed by atoms with E-state index in [1.165, 1.54) is 24.3 Å². The van der Waals surface area contributed by atoms with Crippen molar-refractivity contribution in [1.29, 1.82) is 0 Å². The smallest absolute Gasteiger partial charge is 0.347 e. The van der Waals surface area contributed by atoms with Gasteiger partial charge in [-0.15, -0.1) is 0 Å². The normalized spacial score (nSPS) is 10.8. The van der Waals surface area contributed by atoms with Gasteiger partial charge in [0.25, 0.3) is 0 Å². The Balaban J connectivity index is 1.88. The van der Waals surface area contributed by atoms with Crippen molar-refractivity contribution in [2.45, 2.75) is 0 Å². The third kappa shape index (κ3) is 2.80. The first-order chi connectivity index (χ1) is 12.6. The monoisotopic (exact) mass is 345 g/mol. The second-order valence-electron chi connectivity index (χ2n) is 5.71. The minimum atomic E-state index is -0.519. The summed E-state index contributed by atoms with van der Waals surface area (Å²) < 4.78 is 18.5. The SMILES string of the molecule is O=C(c1ccc(F)cc1)c1ccccc1-c1nc2ccccc2c(=O)o1. The highest BCUT2D eigenvalue weighted by Gasteiger charge is 2.18. The molecule has 5 heteroatoms. The molecular formula is C21H12FNO3. The molecule has 0 atom stereocenters. The number of para-hydroxylation sites is 1. The highest BCUT2D eigenvalue weighted by atomic mass is 19.1. The topological polar surface area (TPSA) is 60.2 Å². The standard InChI is InChI=1S/C21H12FNO3/c22-14-11-9-13(10-12-14)19(24)15-5-1-2-6-16(15)20-23-18-8-4-3-7-17(18)21(25)26-20/h1-12H. The summed E-state index contributed by atoms with van der Waals surface area (Å²) in [6, 6.07) is 18.8. The second-order valence-corrected chi connectivity index (χ2v) is 5.71. The molecule has 0 aliphatic rings. The summed E-state index contributed by atoms with van der Waals surface area (Å²) in [7, 11) is 0. The highest BCUT2D eigenvalue weighted by Crippen LogP contribution is 2.25. The van der Waals surface area contributed by atoms with Crippen LogP contribution in [0, 0.1) is 5.82 Å². The fourth-order valence-corrected chi connectivity index (χ4v) is 2.76. The molecular weight excluding hydrogens is 333 g/mol. The van der Waals surface area contributed by atoms with E-state index >= 15 is 0 Å². The Bertz CT molecular complexity index is 1180. The van der Waals surface area contributed by atoms with Crippen LogP contribution in [0.25, 0.3) is 22.4 Å². The number of nitrogens with zero attached hydrogens (tertiary/aromatic N) is 1. The zero-order chi connectivity index (χ0) is 18.1. The van der Waals surface area contributed by atoms with E-state index in [2.05, 4.69) is 4.98 Å². The van der Waals surface area contributed by atoms with Crippen LogP contribution in [0.15, 0.2) is 82.0 Å². The molecule has 0 N–H and O–H groups in total. The minimum absolute atomic E-state index is 0.0692. The molecule has 0 fully saturated rings. The first-order valence-electron chi connectivity index (χ1n) is 7.93. The van der Waals surface area contributed by atoms with Crippen molar-refractivity contribution in [3.63, 3.8) is 0 Å². The number of rotatable bonds is 3. The lowest BCUT2D eigenvalue weighted by atomic mass is 9.98. The lowest BCUT2D eigenvalue weighted by Crippen LogP contribution is -2.07. The predicted molar refractivity (Wildman–Crippen MR) is 95.5 cm³/mol. The molecule has 26 heavy (non-hydrogen) atoms. The van der Waals surface area contributed by atoms with E-state index in [0.717, 1.165) is 0 Å². The summed E-state index contributed by atoms with van der Waals surface area (Å²) in [4.78, 5) is 29.4. The average molecular weight is 345 g/mol. The van der Waals surface area contributed by atoms with Gasteiger partial charge < -0.3 is 4.42 Å². The van der Waals surface area contributed by atoms with Crippen LogP contribution < -0.4 is 5.63 Å². The summed E-state index contributed by atoms with van der Waals surface area (Å²) in [6.45, 7) is 0. The molecule has 0 aliphatic carbocycles. The van der Waals surface area contributed by atoms with Gasteiger partial charge in [-0.05, 0) is 42.5 Å². The maximum atomic E-state index is 13.1. The van der Waals surface area contributed by atoms with Crippen LogP contribution in [-0.4, -0.2) is 10.8 Å². The van der Waals surface area contributed by atoms with Gasteiger partial charge in [-0.2, -0.15) is 0 Å². The molecule has 0 spiro atoms. The quantitative estimate of drug-likeness (QED) is 0.522. The van der Waals surface area contributed by atoms with Crippen LogP contribution in [0.4, 0.5) is 4.39 Å². The van der Waals surface area contributed by atoms with Crippen molar-refractivity contribution in [2.75, 3.05) is 0 Å². The molecule has 4 nitrogen and oxygen atoms in total. The molecule has 0 saturated carbocycles. The lowest BCUT2D eigenvalue weighted by molar-refractivity contribution is 0.103. The number of hydrogen-bond donors (Lipinski definition) is 0. The number of fused-ring (bicyclic) bond motifs is 1. The molecule has 1 aromatic heterocycles. The Morgan fingerprint density at radius 1 is 0.885 bits per heavy atom. The molecule has 0 bridgehead atoms. The second kappa shape index (κ2) is 6.37. The van der Waals surface area contributed by atoms with Gasteiger partial charge >= 0.3 is 5.63 Å². The molecule has 0 radical (unpaired) electrons. The average Bonchev–Trinajstić information content (AvgIpc) is 2.68. The third-order valence-corrected chi connectivity index (χ3v) is 4.04. The Kier molecular flexibility index (Phi) is 3.89. The zero-order valence-corrected chi connectivity index (χ0v) is 13.5. The summed E-state index contributed by atoms with van der Waals surface area (Å²) in [5.41, 5.74) is 1.04. The van der Waals surface area contributed by atoms with Crippen LogP contribution in [0.2, 0.25) is 0 Å². The van der Waals surface area contributed by atoms with Crippen molar-refractivity contribution in [3.8, 4) is 11.5 Å². The van der Waals surface area contributed by atoms with Crippen molar-refractivity contribution < 1.29 is 13.6 Å². The van der Waals surface area contributed by atoms with Crippen molar-refractivity contribution in [1.82, 2.24) is 4.98 Å². The minimum Gasteiger partial charge on any atom is -0.403 e. The van der Waals surface area contributed by atoms with Gasteiger partial charge in [-0.25, -0.2) is 14.2 Å². The maximum absolute atomic E-state index is 13.1. The van der Waals surface area contributed by atoms with E-state index in [1.54, 1.807) is 48.5 Å². The Labute approximate surface area is 147 Å². The summed E-state index contributed by atoms with van der Waals surface area (Å²) in [5, 5.41) is 0.374. The molecule has 4 aromatic rings. The molecule has 3 aromatic carbocycles. The number of carbonyl (C=O) groups excluding carboxylic acids is 1. The number of ketones is 1. The number of halogens is 1. The van der Waals surface area contributed by atoms with E-state index in [0.29, 0.717) is 27.6 Å². The molecule has 0 amide bonds. The molecule has 4 rings (SSSR count). The zero-order valence-electron chi connectivity index (χ0n) is 13.5. The maximum Gasteiger partial charge on any atom is 0.347 e. The Morgan fingerprint density at radius 2 is 1.58 bits per heavy atom. The fourth-order valence-electron chi connectivity index (χ4n) is 2.76. The van der Waals surface area contributed by atoms with Crippen LogP contribution in [0.5, 0.6) is 0 Å². The molecule has 0 aliphatic heterocycles. The summed E-state index contributed by atoms with van der Waals surface area (Å²) in [6.07, 6.45) is 0. The van der Waals surface area contributed by atoms with Crippen molar-refractivity contribution in [2.24, 2.45) is 0 Å². The van der Waals surface area contributed by atoms with Crippen molar-refractivity contribution in [3.05, 3.63) is 100 Å². The van der Waals surface area contributed by atoms with Crippen LogP contribution >= 0.6 is 0 Å². The molecule has 1 heterocycles. The van der Waals surface area contributed by atoms with Crippen molar-refractivity contribution >= 4 is 16.7 Å². The Morgan fingerprint density at radius 3 is 2.38 bits per heavy atom. The molecule has 0 saturated heterocycles. The van der Waals surface area contributed by atoms with Gasteiger partial charge in [0.2, 0.25) is 5.89 Å². The van der Waals surface area contributed by atoms with E-state index in [4.69, 9.17) is 4.42 Å². The number of aromatic nitrogens is 1. The van der Waals surface area contributed by atoms with Gasteiger partial charge in [0.1, 0.15) is 5.82 Å². The summed E-state index contributed by atoms with van der Waals surface area (Å²) >= 11 is 0. The predicted octanol–water partition coefficient (Wildman–Crippen LogP) is 4.23. The van der Waals surface area contributed by atoms with Crippen LogP contribution in [0.1, 0.15) is 15.9 Å². The van der Waals surface area contributed by atoms with Gasteiger partial charge in [0.15, 0.2) is 5.78 Å². The number of carbonyl (C=O) groups is 1. The van der Waals surface area contributed by atoms with E-state index < -0.39 is 11.4 Å². The van der Waals surface area contributed by atoms with E-state index in [1.807, 2.05) is 0 Å². The number of hydrogen-bond acceptors (Lipinski definition) is 4. The van der Waals surface area contributed by atoms with Gasteiger partial charge in [-0.3, -0.25) is 4.79 Å². The highest BCUT2D eigenvalue weighted by molar-refractivity contribution is 6.12. The van der Waals surface area contributed by atoms with Gasteiger partial charge in [0.05, 0.1) is 10.9 Å². The van der Waals surface area contributed by atoms with Gasteiger partial charge in [0, 0.05) is 16.7 Å². The summed E-state index contributed by atoms with van der Waals surface area (Å²) in [5.74, 6) is -0.657. The first-order valence-corrected chi connectivity index (χ1v) is 7.93. The van der Waals surface area contributed by atoms with E-state index in [9.17, 15) is 14.0 Å². The largest absolute Gasteiger partial charge is 0.403 e. The Hall–Kier alpha value is -3.60. The third-order valence-electron chi connectivity index (χ3n) is 4.04. The first kappa shape index (κ1) is 15.9. The fraction of sp³-hybridized carbons (Fsp3) is 0. The van der Waals surface area contributed by atoms with Crippen LogP contribution in [-0.2, 0) is 0 Å². The molecule has 0 unspecified atom stereocenters. The van der Waals surface area contributed by atoms with Gasteiger partial charge in [-0.1, -0.05) is 30.3 Å². The van der Waals surface area contributed by atoms with Crippen LogP contribution in [0.3, 0.4) is 0 Å². The van der Waals surface area contributed by atoms with E-state index in [-0.39, 0.29) is 11.7 Å². The lowest BCUT2D eigenvalue weighted by Gasteiger charge is -2.08. The molecule has 126 valence electrons. The number of benzene rings is 3.